The normalized spacial score (nSPS) is 25.2. The Balaban J connectivity index is 2.04. The molecule has 0 radical (unpaired) electrons. The molecule has 1 heterocycles. The molecule has 0 saturated carbocycles. The molecule has 0 aliphatic carbocycles. The first-order chi connectivity index (χ1) is 7.24. The second-order valence-electron chi connectivity index (χ2n) is 3.70. The van der Waals surface area contributed by atoms with Crippen LogP contribution in [-0.2, 0) is 11.2 Å². The molecule has 1 saturated heterocycles. The minimum absolute atomic E-state index is 0.0855. The van der Waals surface area contributed by atoms with E-state index in [1.165, 1.54) is 0 Å². The summed E-state index contributed by atoms with van der Waals surface area (Å²) in [6, 6.07) is 9.78. The van der Waals surface area contributed by atoms with Gasteiger partial charge < -0.3 is 0 Å². The van der Waals surface area contributed by atoms with E-state index < -0.39 is 0 Å². The van der Waals surface area contributed by atoms with E-state index in [1.807, 2.05) is 30.3 Å². The fraction of sp³-hybridized carbons (Fsp3) is 0.364. The molecule has 15 heavy (non-hydrogen) atoms. The van der Waals surface area contributed by atoms with E-state index in [4.69, 9.17) is 0 Å². The van der Waals surface area contributed by atoms with Gasteiger partial charge in [-0.15, -0.1) is 0 Å². The van der Waals surface area contributed by atoms with Crippen LogP contribution in [-0.4, -0.2) is 27.5 Å². The Labute approximate surface area is 96.8 Å². The van der Waals surface area contributed by atoms with Gasteiger partial charge in [0.15, 0.2) is 0 Å². The maximum Gasteiger partial charge on any atom is 0.251 e. The second-order valence-corrected chi connectivity index (χ2v) is 4.35. The molecule has 0 aromatic heterocycles. The molecule has 4 heteroatoms. The number of hydrogen-bond donors (Lipinski definition) is 1. The van der Waals surface area contributed by atoms with Gasteiger partial charge in [-0.1, -0.05) is 46.3 Å². The van der Waals surface area contributed by atoms with E-state index in [-0.39, 0.29) is 17.9 Å². The number of rotatable bonds is 3. The number of halogens is 1. The minimum Gasteiger partial charge on any atom is -0.286 e. The van der Waals surface area contributed by atoms with Crippen LogP contribution in [0.25, 0.3) is 0 Å². The highest BCUT2D eigenvalue weighted by Gasteiger charge is 2.45. The zero-order valence-corrected chi connectivity index (χ0v) is 9.72. The van der Waals surface area contributed by atoms with Crippen molar-refractivity contribution in [2.45, 2.75) is 12.5 Å². The lowest BCUT2D eigenvalue weighted by Crippen LogP contribution is -2.60. The molecule has 1 aromatic rings. The average molecular weight is 270 g/mol. The fourth-order valence-electron chi connectivity index (χ4n) is 1.85. The molecule has 1 aliphatic heterocycles. The summed E-state index contributed by atoms with van der Waals surface area (Å²) >= 11 is 3.29. The standard InChI is InChI=1S/C11H12BrNO2/c12-7-10-9(11(14)13(10)15)6-8-4-2-1-3-5-8/h1-5,9-10,15H,6-7H2. The molecule has 1 N–H and O–H groups in total. The van der Waals surface area contributed by atoms with E-state index in [0.717, 1.165) is 10.6 Å². The summed E-state index contributed by atoms with van der Waals surface area (Å²) in [7, 11) is 0. The Hall–Kier alpha value is -0.870. The lowest BCUT2D eigenvalue weighted by atomic mass is 9.85. The second kappa shape index (κ2) is 4.33. The Morgan fingerprint density at radius 3 is 2.60 bits per heavy atom. The van der Waals surface area contributed by atoms with Crippen LogP contribution in [0.2, 0.25) is 0 Å². The van der Waals surface area contributed by atoms with E-state index >= 15 is 0 Å². The van der Waals surface area contributed by atoms with E-state index in [1.54, 1.807) is 0 Å². The van der Waals surface area contributed by atoms with Gasteiger partial charge in [0.2, 0.25) is 0 Å². The van der Waals surface area contributed by atoms with Crippen LogP contribution in [0.4, 0.5) is 0 Å². The number of hydrogen-bond acceptors (Lipinski definition) is 2. The zero-order chi connectivity index (χ0) is 10.8. The number of nitrogens with zero attached hydrogens (tertiary/aromatic N) is 1. The smallest absolute Gasteiger partial charge is 0.251 e. The molecule has 2 atom stereocenters. The molecule has 1 aliphatic rings. The third-order valence-corrected chi connectivity index (χ3v) is 3.44. The van der Waals surface area contributed by atoms with Gasteiger partial charge in [-0.25, -0.2) is 5.06 Å². The molecular formula is C11H12BrNO2. The Kier molecular flexibility index (Phi) is 3.07. The first-order valence-corrected chi connectivity index (χ1v) is 5.98. The Bertz CT molecular complexity index is 355. The molecule has 2 rings (SSSR count). The van der Waals surface area contributed by atoms with Crippen molar-refractivity contribution in [2.75, 3.05) is 5.33 Å². The molecule has 0 bridgehead atoms. The number of alkyl halides is 1. The van der Waals surface area contributed by atoms with Gasteiger partial charge in [-0.3, -0.25) is 10.0 Å². The SMILES string of the molecule is O=C1C(Cc2ccccc2)C(CBr)N1O. The summed E-state index contributed by atoms with van der Waals surface area (Å²) < 4.78 is 0. The molecule has 2 unspecified atom stereocenters. The van der Waals surface area contributed by atoms with Crippen LogP contribution in [0.15, 0.2) is 30.3 Å². The van der Waals surface area contributed by atoms with Crippen molar-refractivity contribution in [3.8, 4) is 0 Å². The van der Waals surface area contributed by atoms with Gasteiger partial charge in [0.05, 0.1) is 12.0 Å². The maximum absolute atomic E-state index is 11.4. The van der Waals surface area contributed by atoms with Crippen LogP contribution in [0, 0.1) is 5.92 Å². The van der Waals surface area contributed by atoms with Gasteiger partial charge in [0.25, 0.3) is 5.91 Å². The summed E-state index contributed by atoms with van der Waals surface area (Å²) in [6.45, 7) is 0. The number of amides is 1. The predicted molar refractivity (Wildman–Crippen MR) is 59.9 cm³/mol. The van der Waals surface area contributed by atoms with E-state index in [0.29, 0.717) is 11.8 Å². The van der Waals surface area contributed by atoms with Gasteiger partial charge in [-0.05, 0) is 12.0 Å². The number of benzene rings is 1. The van der Waals surface area contributed by atoms with E-state index in [9.17, 15) is 10.0 Å². The van der Waals surface area contributed by atoms with Crippen molar-refractivity contribution < 1.29 is 10.0 Å². The average Bonchev–Trinajstić information content (AvgIpc) is 2.29. The lowest BCUT2D eigenvalue weighted by Gasteiger charge is -2.41. The van der Waals surface area contributed by atoms with Gasteiger partial charge in [0.1, 0.15) is 0 Å². The summed E-state index contributed by atoms with van der Waals surface area (Å²) in [5, 5.41) is 10.7. The molecule has 1 aromatic carbocycles. The van der Waals surface area contributed by atoms with Crippen LogP contribution in [0.3, 0.4) is 0 Å². The monoisotopic (exact) mass is 269 g/mol. The van der Waals surface area contributed by atoms with Crippen LogP contribution < -0.4 is 0 Å². The van der Waals surface area contributed by atoms with Crippen LogP contribution in [0.5, 0.6) is 0 Å². The number of hydroxylamine groups is 2. The van der Waals surface area contributed by atoms with Crippen molar-refractivity contribution in [2.24, 2.45) is 5.92 Å². The topological polar surface area (TPSA) is 40.5 Å². The number of carbonyl (C=O) groups excluding carboxylic acids is 1. The zero-order valence-electron chi connectivity index (χ0n) is 8.14. The highest BCUT2D eigenvalue weighted by molar-refractivity contribution is 9.09. The van der Waals surface area contributed by atoms with Crippen molar-refractivity contribution in [1.29, 1.82) is 0 Å². The Morgan fingerprint density at radius 1 is 1.33 bits per heavy atom. The third kappa shape index (κ3) is 1.92. The quantitative estimate of drug-likeness (QED) is 0.517. The summed E-state index contributed by atoms with van der Waals surface area (Å²) in [5.41, 5.74) is 1.13. The molecule has 3 nitrogen and oxygen atoms in total. The molecular weight excluding hydrogens is 258 g/mol. The fourth-order valence-corrected chi connectivity index (χ4v) is 2.58. The van der Waals surface area contributed by atoms with Crippen LogP contribution >= 0.6 is 15.9 Å². The minimum atomic E-state index is -0.177. The molecule has 1 amide bonds. The number of β-lactam (4-membered cyclic amide) rings is 1. The van der Waals surface area contributed by atoms with Crippen molar-refractivity contribution >= 4 is 21.8 Å². The van der Waals surface area contributed by atoms with Crippen LogP contribution in [0.1, 0.15) is 5.56 Å². The third-order valence-electron chi connectivity index (χ3n) is 2.78. The largest absolute Gasteiger partial charge is 0.286 e. The summed E-state index contributed by atoms with van der Waals surface area (Å²) in [6.07, 6.45) is 0.701. The summed E-state index contributed by atoms with van der Waals surface area (Å²) in [4.78, 5) is 11.4. The van der Waals surface area contributed by atoms with Gasteiger partial charge in [-0.2, -0.15) is 0 Å². The lowest BCUT2D eigenvalue weighted by molar-refractivity contribution is -0.214. The van der Waals surface area contributed by atoms with Crippen molar-refractivity contribution in [1.82, 2.24) is 5.06 Å². The first-order valence-electron chi connectivity index (χ1n) is 4.86. The van der Waals surface area contributed by atoms with Gasteiger partial charge >= 0.3 is 0 Å². The summed E-state index contributed by atoms with van der Waals surface area (Å²) in [5.74, 6) is -0.264. The highest BCUT2D eigenvalue weighted by atomic mass is 79.9. The van der Waals surface area contributed by atoms with Gasteiger partial charge in [0, 0.05) is 5.33 Å². The maximum atomic E-state index is 11.4. The molecule has 0 spiro atoms. The Morgan fingerprint density at radius 2 is 2.00 bits per heavy atom. The molecule has 80 valence electrons. The van der Waals surface area contributed by atoms with Crippen molar-refractivity contribution in [3.05, 3.63) is 35.9 Å². The molecule has 1 fully saturated rings. The van der Waals surface area contributed by atoms with E-state index in [2.05, 4.69) is 15.9 Å². The first kappa shape index (κ1) is 10.6. The highest BCUT2D eigenvalue weighted by Crippen LogP contribution is 2.29. The van der Waals surface area contributed by atoms with Crippen molar-refractivity contribution in [3.63, 3.8) is 0 Å². The predicted octanol–water partition coefficient (Wildman–Crippen LogP) is 1.84. The number of carbonyl (C=O) groups is 1.